The summed E-state index contributed by atoms with van der Waals surface area (Å²) in [5.41, 5.74) is 2.60. The van der Waals surface area contributed by atoms with Gasteiger partial charge >= 0.3 is 0 Å². The van der Waals surface area contributed by atoms with Gasteiger partial charge in [-0.25, -0.2) is 0 Å². The second-order valence-corrected chi connectivity index (χ2v) is 13.3. The number of nitrogens with zero attached hydrogens (tertiary/aromatic N) is 2. The summed E-state index contributed by atoms with van der Waals surface area (Å²) < 4.78 is 22.2. The van der Waals surface area contributed by atoms with Gasteiger partial charge in [-0.2, -0.15) is 9.97 Å². The van der Waals surface area contributed by atoms with Crippen molar-refractivity contribution in [3.8, 4) is 23.5 Å². The number of hydrogen-bond acceptors (Lipinski definition) is 8. The zero-order valence-corrected chi connectivity index (χ0v) is 20.7. The Kier molecular flexibility index (Phi) is 6.02. The summed E-state index contributed by atoms with van der Waals surface area (Å²) >= 11 is 0. The fraction of sp³-hybridized carbons (Fsp3) is 0.348. The molecule has 1 amide bonds. The third kappa shape index (κ3) is 4.38. The molecule has 0 fully saturated rings. The van der Waals surface area contributed by atoms with E-state index in [-0.39, 0.29) is 29.2 Å². The number of amides is 1. The van der Waals surface area contributed by atoms with Crippen molar-refractivity contribution in [2.45, 2.75) is 32.5 Å². The molecule has 0 aliphatic carbocycles. The van der Waals surface area contributed by atoms with Crippen LogP contribution in [-0.2, 0) is 6.42 Å². The zero-order chi connectivity index (χ0) is 23.8. The Bertz CT molecular complexity index is 1180. The lowest BCUT2D eigenvalue weighted by Crippen LogP contribution is -2.37. The van der Waals surface area contributed by atoms with Crippen LogP contribution in [0, 0.1) is 6.92 Å². The fourth-order valence-electron chi connectivity index (χ4n) is 3.97. The van der Waals surface area contributed by atoms with Gasteiger partial charge in [0.1, 0.15) is 5.75 Å². The minimum absolute atomic E-state index is 0.0687. The maximum atomic E-state index is 12.8. The number of benzene rings is 1. The monoisotopic (exact) mass is 468 g/mol. The second kappa shape index (κ2) is 8.78. The number of anilines is 2. The normalized spacial score (nSPS) is 13.9. The molecule has 0 saturated carbocycles. The summed E-state index contributed by atoms with van der Waals surface area (Å²) in [6.07, 6.45) is 1.08. The highest BCUT2D eigenvalue weighted by Gasteiger charge is 2.32. The molecule has 2 aromatic heterocycles. The minimum Gasteiger partial charge on any atom is -0.479 e. The highest BCUT2D eigenvalue weighted by Crippen LogP contribution is 2.34. The average Bonchev–Trinajstić information content (AvgIpc) is 3.38. The van der Waals surface area contributed by atoms with E-state index in [1.165, 1.54) is 31.0 Å². The van der Waals surface area contributed by atoms with Crippen molar-refractivity contribution in [3.63, 3.8) is 0 Å². The predicted octanol–water partition coefficient (Wildman–Crippen LogP) is 3.95. The van der Waals surface area contributed by atoms with E-state index in [0.717, 1.165) is 17.7 Å². The predicted molar refractivity (Wildman–Crippen MR) is 128 cm³/mol. The summed E-state index contributed by atoms with van der Waals surface area (Å²) in [7, 11) is 3.21. The third-order valence-electron chi connectivity index (χ3n) is 5.86. The van der Waals surface area contributed by atoms with E-state index in [1.807, 2.05) is 6.92 Å². The lowest BCUT2D eigenvalue weighted by atomic mass is 10.1. The van der Waals surface area contributed by atoms with Gasteiger partial charge in [0.25, 0.3) is 11.9 Å². The Balaban J connectivity index is 1.54. The Labute approximate surface area is 193 Å². The van der Waals surface area contributed by atoms with Crippen LogP contribution in [0.25, 0.3) is 0 Å². The summed E-state index contributed by atoms with van der Waals surface area (Å²) in [5.74, 6) is 1.14. The lowest BCUT2D eigenvalue weighted by molar-refractivity contribution is 0.0990. The lowest BCUT2D eigenvalue weighted by Gasteiger charge is -2.17. The largest absolute Gasteiger partial charge is 0.479 e. The second-order valence-electron chi connectivity index (χ2n) is 8.52. The first kappa shape index (κ1) is 22.7. The number of hydrogen-bond donors (Lipinski definition) is 2. The van der Waals surface area contributed by atoms with E-state index >= 15 is 0 Å². The van der Waals surface area contributed by atoms with Crippen molar-refractivity contribution in [1.29, 1.82) is 0 Å². The number of carbonyl (C=O) groups excluding carboxylic acids is 1. The summed E-state index contributed by atoms with van der Waals surface area (Å²) in [5, 5.41) is 7.01. The van der Waals surface area contributed by atoms with Crippen molar-refractivity contribution >= 4 is 30.8 Å². The molecule has 9 nitrogen and oxygen atoms in total. The molecule has 1 aliphatic rings. The number of furan rings is 1. The number of aryl methyl sites for hydroxylation is 2. The van der Waals surface area contributed by atoms with E-state index in [1.54, 1.807) is 19.2 Å². The molecule has 10 heteroatoms. The summed E-state index contributed by atoms with van der Waals surface area (Å²) in [6, 6.07) is 8.77. The first-order valence-electron chi connectivity index (χ1n) is 10.7. The average molecular weight is 469 g/mol. The molecule has 33 heavy (non-hydrogen) atoms. The molecular formula is C23H28N4O5Si. The summed E-state index contributed by atoms with van der Waals surface area (Å²) in [4.78, 5) is 21.2. The van der Waals surface area contributed by atoms with Gasteiger partial charge in [-0.15, -0.1) is 0 Å². The molecule has 1 aromatic carbocycles. The molecule has 0 unspecified atom stereocenters. The van der Waals surface area contributed by atoms with Crippen molar-refractivity contribution in [2.75, 3.05) is 31.9 Å². The van der Waals surface area contributed by atoms with Crippen molar-refractivity contribution in [2.24, 2.45) is 0 Å². The number of carbonyl (C=O) groups is 1. The highest BCUT2D eigenvalue weighted by atomic mass is 28.3. The zero-order valence-electron chi connectivity index (χ0n) is 19.7. The van der Waals surface area contributed by atoms with Crippen molar-refractivity contribution < 1.29 is 23.4 Å². The van der Waals surface area contributed by atoms with Gasteiger partial charge < -0.3 is 29.3 Å². The molecule has 174 valence electrons. The molecule has 1 aliphatic heterocycles. The molecular weight excluding hydrogens is 440 g/mol. The molecule has 3 heterocycles. The molecule has 0 radical (unpaired) electrons. The Morgan fingerprint density at radius 1 is 1.12 bits per heavy atom. The number of nitrogens with one attached hydrogen (secondary N) is 2. The Hall–Kier alpha value is -3.53. The molecule has 2 N–H and O–H groups in total. The van der Waals surface area contributed by atoms with Crippen molar-refractivity contribution in [3.05, 3.63) is 41.2 Å². The Morgan fingerprint density at radius 2 is 1.82 bits per heavy atom. The number of rotatable bonds is 7. The van der Waals surface area contributed by atoms with Crippen molar-refractivity contribution in [1.82, 2.24) is 9.97 Å². The van der Waals surface area contributed by atoms with Crippen LogP contribution >= 0.6 is 0 Å². The summed E-state index contributed by atoms with van der Waals surface area (Å²) in [6.45, 7) is 6.83. The Morgan fingerprint density at radius 3 is 2.45 bits per heavy atom. The van der Waals surface area contributed by atoms with Crippen LogP contribution in [0.15, 0.2) is 28.7 Å². The number of ether oxygens (including phenoxy) is 3. The SMILES string of the molecule is CNc1nc(OC)c(NC(=O)c2ccc(Oc3cc4c(cc3C)[Si](C)(C)CC4)o2)c(OC)n1. The van der Waals surface area contributed by atoms with Gasteiger partial charge in [0.15, 0.2) is 11.4 Å². The minimum atomic E-state index is -1.34. The number of aromatic nitrogens is 2. The van der Waals surface area contributed by atoms with Gasteiger partial charge in [-0.1, -0.05) is 24.3 Å². The maximum absolute atomic E-state index is 12.8. The molecule has 3 aromatic rings. The van der Waals surface area contributed by atoms with Gasteiger partial charge in [0.05, 0.1) is 22.3 Å². The molecule has 4 rings (SSSR count). The molecule has 0 bridgehead atoms. The van der Waals surface area contributed by atoms with E-state index in [4.69, 9.17) is 18.6 Å². The van der Waals surface area contributed by atoms with Gasteiger partial charge in [0, 0.05) is 13.1 Å². The van der Waals surface area contributed by atoms with Crippen LogP contribution in [0.3, 0.4) is 0 Å². The van der Waals surface area contributed by atoms with E-state index < -0.39 is 14.0 Å². The van der Waals surface area contributed by atoms with E-state index in [0.29, 0.717) is 5.95 Å². The van der Waals surface area contributed by atoms with Crippen LogP contribution in [-0.4, -0.2) is 45.2 Å². The van der Waals surface area contributed by atoms with Crippen LogP contribution in [0.1, 0.15) is 21.7 Å². The maximum Gasteiger partial charge on any atom is 0.291 e. The smallest absolute Gasteiger partial charge is 0.291 e. The van der Waals surface area contributed by atoms with Crippen LogP contribution in [0.5, 0.6) is 23.5 Å². The number of fused-ring (bicyclic) bond motifs is 1. The van der Waals surface area contributed by atoms with E-state index in [9.17, 15) is 4.79 Å². The quantitative estimate of drug-likeness (QED) is 0.502. The van der Waals surface area contributed by atoms with Crippen LogP contribution < -0.4 is 30.0 Å². The topological polar surface area (TPSA) is 108 Å². The van der Waals surface area contributed by atoms with Crippen LogP contribution in [0.2, 0.25) is 19.1 Å². The van der Waals surface area contributed by atoms with Gasteiger partial charge in [0.2, 0.25) is 17.7 Å². The van der Waals surface area contributed by atoms with E-state index in [2.05, 4.69) is 45.8 Å². The molecule has 0 saturated heterocycles. The fourth-order valence-corrected chi connectivity index (χ4v) is 6.81. The van der Waals surface area contributed by atoms with Crippen LogP contribution in [0.4, 0.5) is 11.6 Å². The first-order valence-corrected chi connectivity index (χ1v) is 13.9. The first-order chi connectivity index (χ1) is 15.7. The van der Waals surface area contributed by atoms with Gasteiger partial charge in [-0.05, 0) is 42.6 Å². The van der Waals surface area contributed by atoms with Gasteiger partial charge in [-0.3, -0.25) is 4.79 Å². The third-order valence-corrected chi connectivity index (χ3v) is 9.28. The molecule has 0 spiro atoms. The highest BCUT2D eigenvalue weighted by molar-refractivity contribution is 6.91. The molecule has 0 atom stereocenters. The standard InChI is InChI=1S/C23H28N4O5Si/c1-13-11-17-14(9-10-33(17,5)6)12-16(13)32-18-8-7-15(31-18)20(28)25-19-21(29-3)26-23(24-2)27-22(19)30-4/h7-8,11-12H,9-10H2,1-6H3,(H,25,28)(H,24,26,27). The number of methoxy groups -OCH3 is 2.